The van der Waals surface area contributed by atoms with E-state index in [4.69, 9.17) is 33.7 Å². The predicted octanol–water partition coefficient (Wildman–Crippen LogP) is 2.44. The molecule has 0 heterocycles. The van der Waals surface area contributed by atoms with E-state index >= 15 is 0 Å². The van der Waals surface area contributed by atoms with Gasteiger partial charge in [-0.25, -0.2) is 13.2 Å². The van der Waals surface area contributed by atoms with Crippen LogP contribution in [0.3, 0.4) is 0 Å². The van der Waals surface area contributed by atoms with Gasteiger partial charge in [0.25, 0.3) is 15.9 Å². The average molecular weight is 403 g/mol. The van der Waals surface area contributed by atoms with Gasteiger partial charge in [-0.3, -0.25) is 9.52 Å². The summed E-state index contributed by atoms with van der Waals surface area (Å²) in [5.74, 6) is -1.74. The number of benzene rings is 2. The maximum atomic E-state index is 12.5. The van der Waals surface area contributed by atoms with Gasteiger partial charge in [-0.15, -0.1) is 0 Å². The quantitative estimate of drug-likeness (QED) is 0.719. The number of carbonyl (C=O) groups is 2. The van der Waals surface area contributed by atoms with E-state index in [0.717, 1.165) is 0 Å². The number of ether oxygens (including phenoxy) is 1. The van der Waals surface area contributed by atoms with Crippen molar-refractivity contribution >= 4 is 50.8 Å². The Hall–Kier alpha value is -2.29. The first-order chi connectivity index (χ1) is 11.7. The molecule has 0 spiro atoms. The van der Waals surface area contributed by atoms with Gasteiger partial charge in [-0.2, -0.15) is 0 Å². The smallest absolute Gasteiger partial charge is 0.340 e. The van der Waals surface area contributed by atoms with E-state index in [1.165, 1.54) is 42.5 Å². The Morgan fingerprint density at radius 3 is 2.48 bits per heavy atom. The number of esters is 1. The topological polar surface area (TPSA) is 116 Å². The molecule has 0 aliphatic carbocycles. The summed E-state index contributed by atoms with van der Waals surface area (Å²) in [5, 5.41) is 0.143. The van der Waals surface area contributed by atoms with Crippen LogP contribution in [0.2, 0.25) is 10.0 Å². The maximum Gasteiger partial charge on any atom is 0.340 e. The number of anilines is 1. The Morgan fingerprint density at radius 2 is 1.80 bits per heavy atom. The molecular formula is C15H12Cl2N2O5S. The maximum absolute atomic E-state index is 12.5. The lowest BCUT2D eigenvalue weighted by Crippen LogP contribution is -2.22. The van der Waals surface area contributed by atoms with Crippen LogP contribution >= 0.6 is 23.2 Å². The molecule has 2 rings (SSSR count). The molecule has 0 aliphatic heterocycles. The minimum atomic E-state index is -4.12. The minimum absolute atomic E-state index is 0.0364. The van der Waals surface area contributed by atoms with Crippen LogP contribution in [0.25, 0.3) is 0 Å². The number of primary amides is 1. The zero-order valence-corrected chi connectivity index (χ0v) is 14.9. The summed E-state index contributed by atoms with van der Waals surface area (Å²) >= 11 is 11.7. The highest BCUT2D eigenvalue weighted by molar-refractivity contribution is 7.92. The number of nitrogens with two attached hydrogens (primary N) is 1. The number of para-hydroxylation sites is 1. The fourth-order valence-electron chi connectivity index (χ4n) is 1.85. The molecule has 132 valence electrons. The van der Waals surface area contributed by atoms with E-state index in [-0.39, 0.29) is 26.2 Å². The third-order valence-electron chi connectivity index (χ3n) is 2.92. The van der Waals surface area contributed by atoms with Crippen molar-refractivity contribution in [2.45, 2.75) is 4.90 Å². The molecule has 0 saturated carbocycles. The highest BCUT2D eigenvalue weighted by atomic mass is 35.5. The zero-order chi connectivity index (χ0) is 18.6. The molecule has 3 N–H and O–H groups in total. The molecule has 7 nitrogen and oxygen atoms in total. The van der Waals surface area contributed by atoms with Crippen LogP contribution < -0.4 is 10.5 Å². The van der Waals surface area contributed by atoms with E-state index < -0.39 is 28.5 Å². The van der Waals surface area contributed by atoms with Crippen molar-refractivity contribution in [3.63, 3.8) is 0 Å². The van der Waals surface area contributed by atoms with Gasteiger partial charge in [0.2, 0.25) is 0 Å². The highest BCUT2D eigenvalue weighted by Gasteiger charge is 2.22. The molecule has 0 aliphatic rings. The van der Waals surface area contributed by atoms with E-state index in [1.54, 1.807) is 0 Å². The molecule has 1 amide bonds. The van der Waals surface area contributed by atoms with Crippen molar-refractivity contribution in [3.05, 3.63) is 58.1 Å². The van der Waals surface area contributed by atoms with E-state index in [9.17, 15) is 18.0 Å². The molecule has 0 fully saturated rings. The largest absolute Gasteiger partial charge is 0.452 e. The molecule has 0 unspecified atom stereocenters. The lowest BCUT2D eigenvalue weighted by molar-refractivity contribution is -0.121. The molecule has 0 saturated heterocycles. The first-order valence-corrected chi connectivity index (χ1v) is 8.97. The predicted molar refractivity (Wildman–Crippen MR) is 93.2 cm³/mol. The molecule has 0 atom stereocenters. The fourth-order valence-corrected chi connectivity index (χ4v) is 3.69. The van der Waals surface area contributed by atoms with Crippen LogP contribution in [-0.2, 0) is 19.6 Å². The lowest BCUT2D eigenvalue weighted by atomic mass is 10.2. The minimum Gasteiger partial charge on any atom is -0.452 e. The molecule has 0 bridgehead atoms. The molecule has 2 aromatic rings. The molecule has 2 aromatic carbocycles. The monoisotopic (exact) mass is 402 g/mol. The Balaban J connectivity index is 2.35. The van der Waals surface area contributed by atoms with Gasteiger partial charge < -0.3 is 10.5 Å². The Labute approximate surface area is 153 Å². The summed E-state index contributed by atoms with van der Waals surface area (Å²) in [5.41, 5.74) is 4.77. The third-order valence-corrected chi connectivity index (χ3v) is 5.00. The second-order valence-corrected chi connectivity index (χ2v) is 7.26. The molecular weight excluding hydrogens is 391 g/mol. The van der Waals surface area contributed by atoms with E-state index in [2.05, 4.69) is 4.72 Å². The van der Waals surface area contributed by atoms with Crippen LogP contribution in [0.1, 0.15) is 10.4 Å². The van der Waals surface area contributed by atoms with Crippen molar-refractivity contribution in [3.8, 4) is 0 Å². The van der Waals surface area contributed by atoms with Crippen LogP contribution in [-0.4, -0.2) is 26.9 Å². The van der Waals surface area contributed by atoms with Crippen molar-refractivity contribution < 1.29 is 22.7 Å². The summed E-state index contributed by atoms with van der Waals surface area (Å²) in [6.07, 6.45) is 0. The van der Waals surface area contributed by atoms with Gasteiger partial charge in [0.1, 0.15) is 4.90 Å². The van der Waals surface area contributed by atoms with Gasteiger partial charge >= 0.3 is 5.97 Å². The first kappa shape index (κ1) is 19.0. The van der Waals surface area contributed by atoms with E-state index in [0.29, 0.717) is 0 Å². The normalized spacial score (nSPS) is 11.0. The summed E-state index contributed by atoms with van der Waals surface area (Å²) < 4.78 is 32.0. The van der Waals surface area contributed by atoms with Gasteiger partial charge in [-0.05, 0) is 30.3 Å². The van der Waals surface area contributed by atoms with Gasteiger partial charge in [0.05, 0.1) is 16.3 Å². The summed E-state index contributed by atoms with van der Waals surface area (Å²) in [4.78, 5) is 22.5. The number of halogens is 2. The van der Waals surface area contributed by atoms with Gasteiger partial charge in [-0.1, -0.05) is 35.3 Å². The second-order valence-electron chi connectivity index (χ2n) is 4.77. The molecule has 0 radical (unpaired) electrons. The van der Waals surface area contributed by atoms with Gasteiger partial charge in [0.15, 0.2) is 6.61 Å². The number of rotatable bonds is 6. The summed E-state index contributed by atoms with van der Waals surface area (Å²) in [7, 11) is -4.12. The van der Waals surface area contributed by atoms with Crippen molar-refractivity contribution in [2.75, 3.05) is 11.3 Å². The number of carbonyl (C=O) groups excluding carboxylic acids is 2. The molecule has 10 heteroatoms. The van der Waals surface area contributed by atoms with Crippen LogP contribution in [0.5, 0.6) is 0 Å². The van der Waals surface area contributed by atoms with Crippen LogP contribution in [0.4, 0.5) is 5.69 Å². The SMILES string of the molecule is NC(=O)COC(=O)c1ccccc1NS(=O)(=O)c1cc(Cl)ccc1Cl. The molecule has 25 heavy (non-hydrogen) atoms. The zero-order valence-electron chi connectivity index (χ0n) is 12.5. The van der Waals surface area contributed by atoms with E-state index in [1.807, 2.05) is 0 Å². The third kappa shape index (κ3) is 4.85. The number of hydrogen-bond acceptors (Lipinski definition) is 5. The fraction of sp³-hybridized carbons (Fsp3) is 0.0667. The van der Waals surface area contributed by atoms with Crippen molar-refractivity contribution in [2.24, 2.45) is 5.73 Å². The molecule has 0 aromatic heterocycles. The number of nitrogens with one attached hydrogen (secondary N) is 1. The van der Waals surface area contributed by atoms with Crippen molar-refractivity contribution in [1.29, 1.82) is 0 Å². The second kappa shape index (κ2) is 7.73. The number of hydrogen-bond donors (Lipinski definition) is 2. The first-order valence-electron chi connectivity index (χ1n) is 6.73. The van der Waals surface area contributed by atoms with Crippen molar-refractivity contribution in [1.82, 2.24) is 0 Å². The number of amides is 1. The summed E-state index contributed by atoms with van der Waals surface area (Å²) in [6, 6.07) is 9.68. The van der Waals surface area contributed by atoms with Crippen LogP contribution in [0.15, 0.2) is 47.4 Å². The van der Waals surface area contributed by atoms with Crippen LogP contribution in [0, 0.1) is 0 Å². The lowest BCUT2D eigenvalue weighted by Gasteiger charge is -2.13. The summed E-state index contributed by atoms with van der Waals surface area (Å²) in [6.45, 7) is -0.625. The Kier molecular flexibility index (Phi) is 5.89. The average Bonchev–Trinajstić information content (AvgIpc) is 2.55. The Bertz CT molecular complexity index is 931. The van der Waals surface area contributed by atoms with Gasteiger partial charge in [0, 0.05) is 5.02 Å². The highest BCUT2D eigenvalue weighted by Crippen LogP contribution is 2.28. The standard InChI is InChI=1S/C15H12Cl2N2O5S/c16-9-5-6-11(17)13(7-9)25(22,23)19-12-4-2-1-3-10(12)15(21)24-8-14(18)20/h1-7,19H,8H2,(H2,18,20). The Morgan fingerprint density at radius 1 is 1.12 bits per heavy atom. The number of sulfonamides is 1.